The molecule has 0 radical (unpaired) electrons. The topological polar surface area (TPSA) is 69.9 Å². The van der Waals surface area contributed by atoms with Gasteiger partial charge in [-0.25, -0.2) is 0 Å². The van der Waals surface area contributed by atoms with Crippen molar-refractivity contribution < 1.29 is 20.1 Å². The van der Waals surface area contributed by atoms with Crippen molar-refractivity contribution in [2.45, 2.75) is 110 Å². The predicted octanol–water partition coefficient (Wildman–Crippen LogP) is 4.75. The second-order valence-electron chi connectivity index (χ2n) is 13.0. The van der Waals surface area contributed by atoms with E-state index in [9.17, 15) is 15.3 Å². The van der Waals surface area contributed by atoms with E-state index >= 15 is 0 Å². The molecule has 4 heteroatoms. The smallest absolute Gasteiger partial charge is 0.168 e. The summed E-state index contributed by atoms with van der Waals surface area (Å²) in [6.45, 7) is 9.54. The largest absolute Gasteiger partial charge is 0.396 e. The Labute approximate surface area is 189 Å². The van der Waals surface area contributed by atoms with Crippen molar-refractivity contribution >= 4 is 0 Å². The highest BCUT2D eigenvalue weighted by molar-refractivity contribution is 5.14. The molecular weight excluding hydrogens is 388 g/mol. The van der Waals surface area contributed by atoms with Crippen LogP contribution in [0.5, 0.6) is 0 Å². The molecule has 0 aromatic heterocycles. The molecule has 1 heterocycles. The quantitative estimate of drug-likeness (QED) is 0.597. The van der Waals surface area contributed by atoms with Crippen molar-refractivity contribution in [2.75, 3.05) is 6.61 Å². The first-order valence-electron chi connectivity index (χ1n) is 13.3. The van der Waals surface area contributed by atoms with E-state index in [2.05, 4.69) is 20.8 Å². The van der Waals surface area contributed by atoms with Crippen LogP contribution in [0.4, 0.5) is 0 Å². The lowest BCUT2D eigenvalue weighted by molar-refractivity contribution is -0.222. The maximum Gasteiger partial charge on any atom is 0.168 e. The van der Waals surface area contributed by atoms with Crippen LogP contribution in [0.3, 0.4) is 0 Å². The van der Waals surface area contributed by atoms with Crippen LogP contribution in [0, 0.1) is 52.3 Å². The summed E-state index contributed by atoms with van der Waals surface area (Å²) in [6.07, 6.45) is 11.1. The van der Waals surface area contributed by atoms with Gasteiger partial charge in [0.1, 0.15) is 0 Å². The lowest BCUT2D eigenvalue weighted by atomic mass is 9.44. The van der Waals surface area contributed by atoms with Gasteiger partial charge < -0.3 is 20.1 Å². The molecule has 0 aromatic carbocycles. The molecule has 31 heavy (non-hydrogen) atoms. The van der Waals surface area contributed by atoms with Crippen LogP contribution in [0.2, 0.25) is 0 Å². The van der Waals surface area contributed by atoms with Gasteiger partial charge in [0.25, 0.3) is 0 Å². The number of rotatable bonds is 4. The van der Waals surface area contributed by atoms with Crippen molar-refractivity contribution in [3.8, 4) is 0 Å². The van der Waals surface area contributed by atoms with E-state index in [0.29, 0.717) is 29.6 Å². The third-order valence-electron chi connectivity index (χ3n) is 11.6. The van der Waals surface area contributed by atoms with E-state index in [0.717, 1.165) is 37.5 Å². The van der Waals surface area contributed by atoms with Gasteiger partial charge in [0.15, 0.2) is 5.79 Å². The summed E-state index contributed by atoms with van der Waals surface area (Å²) in [4.78, 5) is 0. The van der Waals surface area contributed by atoms with E-state index < -0.39 is 5.79 Å². The fourth-order valence-corrected chi connectivity index (χ4v) is 9.76. The summed E-state index contributed by atoms with van der Waals surface area (Å²) in [5.74, 6) is 2.81. The van der Waals surface area contributed by atoms with Crippen molar-refractivity contribution in [3.63, 3.8) is 0 Å². The van der Waals surface area contributed by atoms with Gasteiger partial charge in [-0.15, -0.1) is 0 Å². The second-order valence-corrected chi connectivity index (χ2v) is 13.0. The molecule has 4 saturated carbocycles. The Morgan fingerprint density at radius 1 is 1.00 bits per heavy atom. The highest BCUT2D eigenvalue weighted by Gasteiger charge is 2.68. The number of fused-ring (bicyclic) bond motifs is 7. The summed E-state index contributed by atoms with van der Waals surface area (Å²) in [5.41, 5.74) is 0.685. The molecule has 0 spiro atoms. The Kier molecular flexibility index (Phi) is 5.61. The van der Waals surface area contributed by atoms with E-state index in [1.807, 2.05) is 6.92 Å². The predicted molar refractivity (Wildman–Crippen MR) is 121 cm³/mol. The molecule has 0 aromatic rings. The summed E-state index contributed by atoms with van der Waals surface area (Å²) in [5, 5.41) is 31.1. The van der Waals surface area contributed by atoms with Gasteiger partial charge in [-0.1, -0.05) is 27.7 Å². The molecule has 5 fully saturated rings. The number of aliphatic hydroxyl groups excluding tert-OH is 2. The molecule has 5 rings (SSSR count). The molecule has 0 amide bonds. The number of ether oxygens (including phenoxy) is 1. The first kappa shape index (κ1) is 22.6. The summed E-state index contributed by atoms with van der Waals surface area (Å²) < 4.78 is 6.50. The van der Waals surface area contributed by atoms with E-state index in [-0.39, 0.29) is 36.1 Å². The molecule has 12 atom stereocenters. The molecule has 4 unspecified atom stereocenters. The minimum atomic E-state index is -1.02. The molecule has 178 valence electrons. The van der Waals surface area contributed by atoms with Gasteiger partial charge in [0.05, 0.1) is 12.2 Å². The van der Waals surface area contributed by atoms with Crippen molar-refractivity contribution in [3.05, 3.63) is 0 Å². The summed E-state index contributed by atoms with van der Waals surface area (Å²) in [6, 6.07) is 0. The van der Waals surface area contributed by atoms with Crippen LogP contribution >= 0.6 is 0 Å². The first-order valence-corrected chi connectivity index (χ1v) is 13.3. The van der Waals surface area contributed by atoms with E-state index in [1.54, 1.807) is 0 Å². The van der Waals surface area contributed by atoms with Crippen LogP contribution in [0.1, 0.15) is 91.9 Å². The highest BCUT2D eigenvalue weighted by atomic mass is 16.6. The lowest BCUT2D eigenvalue weighted by Crippen LogP contribution is -2.54. The standard InChI is InChI=1S/C27H46O4/c1-16(15-28)7-12-27(30)17(2)24-23(31-27)14-22-20-6-5-18-13-19(29)8-10-25(18,3)21(20)9-11-26(22,24)4/h16-24,28-30H,5-15H2,1-4H3/t16?,17-,18?,19?,20+,21-,22-,23-,24-,25-,26-,27?/m0/s1. The zero-order chi connectivity index (χ0) is 22.2. The van der Waals surface area contributed by atoms with Gasteiger partial charge in [-0.2, -0.15) is 0 Å². The Balaban J connectivity index is 1.35. The monoisotopic (exact) mass is 434 g/mol. The van der Waals surface area contributed by atoms with Crippen molar-refractivity contribution in [2.24, 2.45) is 52.3 Å². The van der Waals surface area contributed by atoms with Crippen LogP contribution in [-0.4, -0.2) is 39.9 Å². The molecule has 0 bridgehead atoms. The molecule has 4 aliphatic carbocycles. The number of hydrogen-bond acceptors (Lipinski definition) is 4. The zero-order valence-electron chi connectivity index (χ0n) is 20.2. The zero-order valence-corrected chi connectivity index (χ0v) is 20.2. The van der Waals surface area contributed by atoms with Crippen molar-refractivity contribution in [1.82, 2.24) is 0 Å². The molecule has 1 aliphatic heterocycles. The third kappa shape index (κ3) is 3.29. The number of aliphatic hydroxyl groups is 3. The SMILES string of the molecule is CC(CO)CCC1(O)O[C@H]2C[C@H]3[C@@H]4CCC5CC(O)CC[C@]5(C)[C@H]4CC[C@]3(C)[C@H]2[C@@H]1C. The minimum Gasteiger partial charge on any atom is -0.396 e. The normalized spacial score (nSPS) is 57.0. The molecular formula is C27H46O4. The second kappa shape index (κ2) is 7.68. The van der Waals surface area contributed by atoms with Gasteiger partial charge in [0.2, 0.25) is 0 Å². The maximum absolute atomic E-state index is 11.4. The molecule has 4 nitrogen and oxygen atoms in total. The Hall–Kier alpha value is -0.160. The summed E-state index contributed by atoms with van der Waals surface area (Å²) in [7, 11) is 0. The van der Waals surface area contributed by atoms with E-state index in [4.69, 9.17) is 4.74 Å². The highest BCUT2D eigenvalue weighted by Crippen LogP contribution is 2.70. The van der Waals surface area contributed by atoms with Crippen LogP contribution in [0.25, 0.3) is 0 Å². The number of hydrogen-bond donors (Lipinski definition) is 3. The van der Waals surface area contributed by atoms with Crippen LogP contribution < -0.4 is 0 Å². The van der Waals surface area contributed by atoms with Gasteiger partial charge in [0, 0.05) is 18.9 Å². The summed E-state index contributed by atoms with van der Waals surface area (Å²) >= 11 is 0. The lowest BCUT2D eigenvalue weighted by Gasteiger charge is -2.61. The molecule has 3 N–H and O–H groups in total. The molecule has 1 saturated heterocycles. The maximum atomic E-state index is 11.4. The average Bonchev–Trinajstić information content (AvgIpc) is 3.17. The van der Waals surface area contributed by atoms with Gasteiger partial charge in [-0.3, -0.25) is 0 Å². The minimum absolute atomic E-state index is 0.0743. The van der Waals surface area contributed by atoms with E-state index in [1.165, 1.54) is 32.1 Å². The van der Waals surface area contributed by atoms with Crippen molar-refractivity contribution in [1.29, 1.82) is 0 Å². The fraction of sp³-hybridized carbons (Fsp3) is 1.00. The average molecular weight is 435 g/mol. The Morgan fingerprint density at radius 2 is 1.74 bits per heavy atom. The third-order valence-corrected chi connectivity index (χ3v) is 11.6. The Morgan fingerprint density at radius 3 is 2.48 bits per heavy atom. The van der Waals surface area contributed by atoms with Gasteiger partial charge in [-0.05, 0) is 104 Å². The molecule has 5 aliphatic rings. The van der Waals surface area contributed by atoms with Gasteiger partial charge >= 0.3 is 0 Å². The Bertz CT molecular complexity index is 682. The first-order chi connectivity index (χ1) is 14.6. The van der Waals surface area contributed by atoms with Crippen LogP contribution in [-0.2, 0) is 4.74 Å². The fourth-order valence-electron chi connectivity index (χ4n) is 9.76. The van der Waals surface area contributed by atoms with Crippen LogP contribution in [0.15, 0.2) is 0 Å².